The number of carboxylic acids is 1. The van der Waals surface area contributed by atoms with Crippen molar-refractivity contribution in [3.05, 3.63) is 40.5 Å². The van der Waals surface area contributed by atoms with Gasteiger partial charge in [0.1, 0.15) is 11.6 Å². The fraction of sp³-hybridized carbons (Fsp3) is 0. The molecule has 88 valence electrons. The van der Waals surface area contributed by atoms with E-state index in [4.69, 9.17) is 10.4 Å². The minimum Gasteiger partial charge on any atom is -0.477 e. The van der Waals surface area contributed by atoms with Gasteiger partial charge in [-0.15, -0.1) is 0 Å². The van der Waals surface area contributed by atoms with E-state index in [9.17, 15) is 22.4 Å². The van der Waals surface area contributed by atoms with E-state index in [1.165, 1.54) is 6.07 Å². The van der Waals surface area contributed by atoms with Crippen LogP contribution in [0.3, 0.4) is 0 Å². The lowest BCUT2D eigenvalue weighted by Crippen LogP contribution is -2.01. The van der Waals surface area contributed by atoms with Crippen molar-refractivity contribution in [2.75, 3.05) is 0 Å². The van der Waals surface area contributed by atoms with Crippen LogP contribution in [-0.2, 0) is 4.79 Å². The molecule has 0 heterocycles. The fourth-order valence-corrected chi connectivity index (χ4v) is 0.994. The molecule has 17 heavy (non-hydrogen) atoms. The van der Waals surface area contributed by atoms with Gasteiger partial charge in [0.15, 0.2) is 23.3 Å². The maximum atomic E-state index is 13.1. The second kappa shape index (κ2) is 4.65. The van der Waals surface area contributed by atoms with Gasteiger partial charge in [0, 0.05) is 5.56 Å². The van der Waals surface area contributed by atoms with E-state index in [1.54, 1.807) is 0 Å². The van der Waals surface area contributed by atoms with E-state index in [-0.39, 0.29) is 6.07 Å². The molecule has 0 bridgehead atoms. The van der Waals surface area contributed by atoms with Crippen LogP contribution in [0.15, 0.2) is 11.6 Å². The summed E-state index contributed by atoms with van der Waals surface area (Å²) in [6.07, 6.45) is 0.406. The molecular weight excluding hydrogens is 242 g/mol. The summed E-state index contributed by atoms with van der Waals surface area (Å²) in [6, 6.07) is 1.44. The molecular formula is C10H3F4NO2. The van der Waals surface area contributed by atoms with Crippen LogP contribution in [0.1, 0.15) is 5.56 Å². The van der Waals surface area contributed by atoms with Crippen LogP contribution in [0, 0.1) is 34.6 Å². The molecule has 1 rings (SSSR count). The van der Waals surface area contributed by atoms with Crippen LogP contribution in [0.5, 0.6) is 0 Å². The van der Waals surface area contributed by atoms with E-state index in [1.807, 2.05) is 0 Å². The van der Waals surface area contributed by atoms with Crippen molar-refractivity contribution in [3.63, 3.8) is 0 Å². The lowest BCUT2D eigenvalue weighted by atomic mass is 10.1. The van der Waals surface area contributed by atoms with Gasteiger partial charge in [-0.1, -0.05) is 0 Å². The van der Waals surface area contributed by atoms with E-state index < -0.39 is 40.4 Å². The van der Waals surface area contributed by atoms with Gasteiger partial charge in [-0.3, -0.25) is 0 Å². The topological polar surface area (TPSA) is 61.1 Å². The Labute approximate surface area is 92.2 Å². The first-order valence-corrected chi connectivity index (χ1v) is 4.06. The molecule has 0 radical (unpaired) electrons. The maximum absolute atomic E-state index is 13.1. The molecule has 0 fully saturated rings. The predicted molar refractivity (Wildman–Crippen MR) is 47.5 cm³/mol. The Bertz CT molecular complexity index is 560. The number of carbonyl (C=O) groups is 1. The van der Waals surface area contributed by atoms with Gasteiger partial charge < -0.3 is 5.11 Å². The molecule has 3 nitrogen and oxygen atoms in total. The maximum Gasteiger partial charge on any atom is 0.346 e. The predicted octanol–water partition coefficient (Wildman–Crippen LogP) is 2.23. The molecule has 1 N–H and O–H groups in total. The van der Waals surface area contributed by atoms with Crippen LogP contribution in [-0.4, -0.2) is 11.1 Å². The van der Waals surface area contributed by atoms with E-state index in [0.717, 1.165) is 0 Å². The third-order valence-electron chi connectivity index (χ3n) is 1.78. The summed E-state index contributed by atoms with van der Waals surface area (Å²) in [5.74, 6) is -9.22. The molecule has 0 aliphatic heterocycles. The number of aliphatic carboxylic acids is 1. The van der Waals surface area contributed by atoms with Crippen molar-refractivity contribution in [2.24, 2.45) is 0 Å². The Morgan fingerprint density at radius 3 is 2.29 bits per heavy atom. The second-order valence-electron chi connectivity index (χ2n) is 2.86. The van der Waals surface area contributed by atoms with Crippen LogP contribution in [0.25, 0.3) is 6.08 Å². The van der Waals surface area contributed by atoms with Gasteiger partial charge in [0.05, 0.1) is 0 Å². The molecule has 1 aromatic rings. The third kappa shape index (κ3) is 2.42. The molecule has 0 aliphatic rings. The van der Waals surface area contributed by atoms with E-state index in [2.05, 4.69) is 0 Å². The standard InChI is InChI=1S/C10H3F4NO2/c11-6-2-4(1-5(3-15)10(16)17)7(12)9(14)8(6)13/h1-2H,(H,16,17)/b5-1+. The van der Waals surface area contributed by atoms with E-state index >= 15 is 0 Å². The van der Waals surface area contributed by atoms with Crippen LogP contribution >= 0.6 is 0 Å². The van der Waals surface area contributed by atoms with Crippen molar-refractivity contribution in [1.29, 1.82) is 5.26 Å². The van der Waals surface area contributed by atoms with Gasteiger partial charge in [-0.2, -0.15) is 5.26 Å². The monoisotopic (exact) mass is 245 g/mol. The van der Waals surface area contributed by atoms with Crippen LogP contribution in [0.4, 0.5) is 17.6 Å². The molecule has 0 saturated heterocycles. The van der Waals surface area contributed by atoms with Crippen molar-refractivity contribution in [1.82, 2.24) is 0 Å². The summed E-state index contributed by atoms with van der Waals surface area (Å²) in [4.78, 5) is 10.4. The number of nitriles is 1. The fourth-order valence-electron chi connectivity index (χ4n) is 0.994. The van der Waals surface area contributed by atoms with Gasteiger partial charge in [-0.25, -0.2) is 22.4 Å². The Balaban J connectivity index is 3.45. The first-order chi connectivity index (χ1) is 7.88. The van der Waals surface area contributed by atoms with Crippen molar-refractivity contribution >= 4 is 12.0 Å². The van der Waals surface area contributed by atoms with Gasteiger partial charge in [-0.05, 0) is 12.1 Å². The lowest BCUT2D eigenvalue weighted by molar-refractivity contribution is -0.132. The number of halogens is 4. The average Bonchev–Trinajstić information content (AvgIpc) is 2.29. The number of hydrogen-bond donors (Lipinski definition) is 1. The highest BCUT2D eigenvalue weighted by Crippen LogP contribution is 2.20. The molecule has 1 aromatic carbocycles. The third-order valence-corrected chi connectivity index (χ3v) is 1.78. The minimum atomic E-state index is -2.07. The average molecular weight is 245 g/mol. The van der Waals surface area contributed by atoms with Crippen molar-refractivity contribution < 1.29 is 27.5 Å². The van der Waals surface area contributed by atoms with Crippen molar-refractivity contribution in [3.8, 4) is 6.07 Å². The summed E-state index contributed by atoms with van der Waals surface area (Å²) in [7, 11) is 0. The first-order valence-electron chi connectivity index (χ1n) is 4.06. The molecule has 0 spiro atoms. The highest BCUT2D eigenvalue weighted by Gasteiger charge is 2.19. The minimum absolute atomic E-state index is 0.258. The summed E-state index contributed by atoms with van der Waals surface area (Å²) in [6.45, 7) is 0. The molecule has 0 amide bonds. The zero-order chi connectivity index (χ0) is 13.2. The number of carboxylic acid groups (broad SMARTS) is 1. The number of benzene rings is 1. The normalized spacial score (nSPS) is 11.1. The summed E-state index contributed by atoms with van der Waals surface area (Å²) in [5.41, 5.74) is -1.80. The van der Waals surface area contributed by atoms with Crippen LogP contribution in [0.2, 0.25) is 0 Å². The first kappa shape index (κ1) is 12.7. The van der Waals surface area contributed by atoms with Gasteiger partial charge in [0.25, 0.3) is 0 Å². The molecule has 0 atom stereocenters. The zero-order valence-electron chi connectivity index (χ0n) is 7.97. The molecule has 0 aromatic heterocycles. The summed E-state index contributed by atoms with van der Waals surface area (Å²) >= 11 is 0. The van der Waals surface area contributed by atoms with E-state index in [0.29, 0.717) is 6.08 Å². The summed E-state index contributed by atoms with van der Waals surface area (Å²) < 4.78 is 51.1. The SMILES string of the molecule is N#C/C(=C\c1cc(F)c(F)c(F)c1F)C(=O)O. The molecule has 7 heteroatoms. The molecule has 0 saturated carbocycles. The largest absolute Gasteiger partial charge is 0.477 e. The zero-order valence-corrected chi connectivity index (χ0v) is 7.97. The molecule has 0 aliphatic carbocycles. The second-order valence-corrected chi connectivity index (χ2v) is 2.86. The molecule has 0 unspecified atom stereocenters. The Morgan fingerprint density at radius 1 is 1.24 bits per heavy atom. The number of nitrogens with zero attached hydrogens (tertiary/aromatic N) is 1. The lowest BCUT2D eigenvalue weighted by Gasteiger charge is -2.01. The van der Waals surface area contributed by atoms with Crippen molar-refractivity contribution in [2.45, 2.75) is 0 Å². The Kier molecular flexibility index (Phi) is 3.48. The Morgan fingerprint density at radius 2 is 1.82 bits per heavy atom. The number of rotatable bonds is 2. The highest BCUT2D eigenvalue weighted by atomic mass is 19.2. The van der Waals surface area contributed by atoms with Gasteiger partial charge >= 0.3 is 5.97 Å². The Hall–Kier alpha value is -2.36. The number of hydrogen-bond acceptors (Lipinski definition) is 2. The smallest absolute Gasteiger partial charge is 0.346 e. The quantitative estimate of drug-likeness (QED) is 0.286. The highest BCUT2D eigenvalue weighted by molar-refractivity contribution is 5.96. The van der Waals surface area contributed by atoms with Gasteiger partial charge in [0.2, 0.25) is 0 Å². The summed E-state index contributed by atoms with van der Waals surface area (Å²) in [5, 5.41) is 16.8. The van der Waals surface area contributed by atoms with Crippen LogP contribution < -0.4 is 0 Å².